The minimum Gasteiger partial charge on any atom is -0.314 e. The number of benzene rings is 1. The third kappa shape index (κ3) is 4.81. The molecule has 1 heterocycles. The Morgan fingerprint density at radius 2 is 1.79 bits per heavy atom. The fraction of sp³-hybridized carbons (Fsp3) is 0.467. The van der Waals surface area contributed by atoms with E-state index in [2.05, 4.69) is 54.1 Å². The van der Waals surface area contributed by atoms with Gasteiger partial charge in [-0.1, -0.05) is 37.3 Å². The molecule has 1 atom stereocenters. The molecule has 0 aliphatic carbocycles. The predicted octanol–water partition coefficient (Wildman–Crippen LogP) is 3.22. The summed E-state index contributed by atoms with van der Waals surface area (Å²) in [7, 11) is 0. The molecule has 1 saturated heterocycles. The lowest BCUT2D eigenvalue weighted by molar-refractivity contribution is 0.203. The SMILES string of the molecule is C=C[C@@H](c1ccc(CC)cc1)N1CCNCC1.Cl.Cl. The lowest BCUT2D eigenvalue weighted by Gasteiger charge is -2.33. The summed E-state index contributed by atoms with van der Waals surface area (Å²) in [6.07, 6.45) is 3.17. The van der Waals surface area contributed by atoms with Crippen molar-refractivity contribution in [1.29, 1.82) is 0 Å². The highest BCUT2D eigenvalue weighted by atomic mass is 35.5. The molecule has 1 aliphatic heterocycles. The van der Waals surface area contributed by atoms with Gasteiger partial charge in [-0.25, -0.2) is 0 Å². The average molecular weight is 303 g/mol. The molecule has 2 nitrogen and oxygen atoms in total. The molecular formula is C15H24Cl2N2. The molecule has 0 amide bonds. The molecule has 108 valence electrons. The van der Waals surface area contributed by atoms with Crippen molar-refractivity contribution in [2.45, 2.75) is 19.4 Å². The Kier molecular flexibility index (Phi) is 9.11. The van der Waals surface area contributed by atoms with E-state index in [0.717, 1.165) is 32.6 Å². The van der Waals surface area contributed by atoms with Gasteiger partial charge in [-0.3, -0.25) is 4.90 Å². The fourth-order valence-electron chi connectivity index (χ4n) is 2.41. The topological polar surface area (TPSA) is 15.3 Å². The Balaban J connectivity index is 0.00000162. The van der Waals surface area contributed by atoms with E-state index < -0.39 is 0 Å². The van der Waals surface area contributed by atoms with Crippen LogP contribution in [0.5, 0.6) is 0 Å². The monoisotopic (exact) mass is 302 g/mol. The van der Waals surface area contributed by atoms with Gasteiger partial charge in [0, 0.05) is 26.2 Å². The number of hydrogen-bond donors (Lipinski definition) is 1. The van der Waals surface area contributed by atoms with Crippen LogP contribution in [0.3, 0.4) is 0 Å². The summed E-state index contributed by atoms with van der Waals surface area (Å²) in [5.41, 5.74) is 2.76. The Bertz CT molecular complexity index is 359. The van der Waals surface area contributed by atoms with E-state index in [4.69, 9.17) is 0 Å². The Morgan fingerprint density at radius 3 is 2.26 bits per heavy atom. The van der Waals surface area contributed by atoms with Gasteiger partial charge in [0.25, 0.3) is 0 Å². The van der Waals surface area contributed by atoms with Gasteiger partial charge in [-0.2, -0.15) is 0 Å². The number of rotatable bonds is 4. The number of nitrogens with one attached hydrogen (secondary N) is 1. The molecule has 1 aliphatic rings. The summed E-state index contributed by atoms with van der Waals surface area (Å²) in [5.74, 6) is 0. The van der Waals surface area contributed by atoms with Crippen LogP contribution in [0.1, 0.15) is 24.1 Å². The van der Waals surface area contributed by atoms with Gasteiger partial charge < -0.3 is 5.32 Å². The van der Waals surface area contributed by atoms with Gasteiger partial charge in [0.2, 0.25) is 0 Å². The van der Waals surface area contributed by atoms with Crippen molar-refractivity contribution in [3.05, 3.63) is 48.0 Å². The van der Waals surface area contributed by atoms with Crippen molar-refractivity contribution >= 4 is 24.8 Å². The van der Waals surface area contributed by atoms with Crippen LogP contribution in [-0.4, -0.2) is 31.1 Å². The predicted molar refractivity (Wildman–Crippen MR) is 87.7 cm³/mol. The maximum atomic E-state index is 3.99. The molecule has 0 radical (unpaired) electrons. The van der Waals surface area contributed by atoms with Gasteiger partial charge in [0.05, 0.1) is 6.04 Å². The van der Waals surface area contributed by atoms with Crippen molar-refractivity contribution in [2.75, 3.05) is 26.2 Å². The molecule has 1 aromatic rings. The standard InChI is InChI=1S/C15H22N2.2ClH/c1-3-13-5-7-14(8-6-13)15(4-2)17-11-9-16-10-12-17;;/h4-8,15-16H,2-3,9-12H2,1H3;2*1H/t15-;;/m0../s1. The van der Waals surface area contributed by atoms with Crippen molar-refractivity contribution < 1.29 is 0 Å². The molecule has 0 unspecified atom stereocenters. The summed E-state index contributed by atoms with van der Waals surface area (Å²) in [6, 6.07) is 9.31. The van der Waals surface area contributed by atoms with E-state index in [-0.39, 0.29) is 24.8 Å². The quantitative estimate of drug-likeness (QED) is 0.859. The van der Waals surface area contributed by atoms with E-state index in [1.807, 2.05) is 0 Å². The van der Waals surface area contributed by atoms with Crippen LogP contribution >= 0.6 is 24.8 Å². The van der Waals surface area contributed by atoms with E-state index in [0.29, 0.717) is 6.04 Å². The molecular weight excluding hydrogens is 279 g/mol. The molecule has 1 fully saturated rings. The van der Waals surface area contributed by atoms with Gasteiger partial charge >= 0.3 is 0 Å². The largest absolute Gasteiger partial charge is 0.314 e. The van der Waals surface area contributed by atoms with Crippen LogP contribution in [0.15, 0.2) is 36.9 Å². The number of piperazine rings is 1. The maximum absolute atomic E-state index is 3.99. The molecule has 4 heteroatoms. The summed E-state index contributed by atoms with van der Waals surface area (Å²) in [5, 5.41) is 3.39. The van der Waals surface area contributed by atoms with E-state index >= 15 is 0 Å². The Morgan fingerprint density at radius 1 is 1.21 bits per heavy atom. The van der Waals surface area contributed by atoms with Gasteiger partial charge in [-0.15, -0.1) is 31.4 Å². The van der Waals surface area contributed by atoms with E-state index in [1.165, 1.54) is 11.1 Å². The molecule has 2 rings (SSSR count). The molecule has 1 aromatic carbocycles. The first kappa shape index (κ1) is 18.5. The highest BCUT2D eigenvalue weighted by Gasteiger charge is 2.18. The minimum absolute atomic E-state index is 0. The number of hydrogen-bond acceptors (Lipinski definition) is 2. The van der Waals surface area contributed by atoms with Crippen molar-refractivity contribution in [2.24, 2.45) is 0 Å². The molecule has 0 bridgehead atoms. The molecule has 0 saturated carbocycles. The van der Waals surface area contributed by atoms with Gasteiger partial charge in [-0.05, 0) is 17.5 Å². The Hall–Kier alpha value is -0.540. The van der Waals surface area contributed by atoms with Crippen LogP contribution in [0, 0.1) is 0 Å². The van der Waals surface area contributed by atoms with E-state index in [9.17, 15) is 0 Å². The van der Waals surface area contributed by atoms with Crippen LogP contribution < -0.4 is 5.32 Å². The summed E-state index contributed by atoms with van der Waals surface area (Å²) in [4.78, 5) is 2.49. The minimum atomic E-state index is 0. The van der Waals surface area contributed by atoms with Gasteiger partial charge in [0.1, 0.15) is 0 Å². The van der Waals surface area contributed by atoms with E-state index in [1.54, 1.807) is 0 Å². The molecule has 1 N–H and O–H groups in total. The van der Waals surface area contributed by atoms with Gasteiger partial charge in [0.15, 0.2) is 0 Å². The lowest BCUT2D eigenvalue weighted by Crippen LogP contribution is -2.44. The zero-order valence-corrected chi connectivity index (χ0v) is 13.1. The molecule has 0 spiro atoms. The highest BCUT2D eigenvalue weighted by Crippen LogP contribution is 2.22. The number of nitrogens with zero attached hydrogens (tertiary/aromatic N) is 1. The second kappa shape index (κ2) is 9.38. The second-order valence-electron chi connectivity index (χ2n) is 4.56. The third-order valence-corrected chi connectivity index (χ3v) is 3.50. The number of halogens is 2. The lowest BCUT2D eigenvalue weighted by atomic mass is 10.0. The zero-order valence-electron chi connectivity index (χ0n) is 11.5. The average Bonchev–Trinajstić information content (AvgIpc) is 2.42. The zero-order chi connectivity index (χ0) is 12.1. The molecule has 19 heavy (non-hydrogen) atoms. The first-order chi connectivity index (χ1) is 8.35. The normalized spacial score (nSPS) is 16.9. The third-order valence-electron chi connectivity index (χ3n) is 3.50. The number of aryl methyl sites for hydroxylation is 1. The van der Waals surface area contributed by atoms with Crippen LogP contribution in [0.4, 0.5) is 0 Å². The van der Waals surface area contributed by atoms with Crippen molar-refractivity contribution in [3.8, 4) is 0 Å². The highest BCUT2D eigenvalue weighted by molar-refractivity contribution is 5.85. The first-order valence-electron chi connectivity index (χ1n) is 6.51. The summed E-state index contributed by atoms with van der Waals surface area (Å²) in [6.45, 7) is 10.6. The first-order valence-corrected chi connectivity index (χ1v) is 6.51. The summed E-state index contributed by atoms with van der Waals surface area (Å²) >= 11 is 0. The molecule has 0 aromatic heterocycles. The van der Waals surface area contributed by atoms with Crippen LogP contribution in [0.25, 0.3) is 0 Å². The van der Waals surface area contributed by atoms with Crippen molar-refractivity contribution in [1.82, 2.24) is 10.2 Å². The summed E-state index contributed by atoms with van der Waals surface area (Å²) < 4.78 is 0. The van der Waals surface area contributed by atoms with Crippen molar-refractivity contribution in [3.63, 3.8) is 0 Å². The Labute approximate surface area is 129 Å². The van der Waals surface area contributed by atoms with Crippen LogP contribution in [-0.2, 0) is 6.42 Å². The smallest absolute Gasteiger partial charge is 0.0529 e. The maximum Gasteiger partial charge on any atom is 0.0529 e. The van der Waals surface area contributed by atoms with Crippen LogP contribution in [0.2, 0.25) is 0 Å². The fourth-order valence-corrected chi connectivity index (χ4v) is 2.41. The second-order valence-corrected chi connectivity index (χ2v) is 4.56.